The van der Waals surface area contributed by atoms with Crippen LogP contribution in [-0.2, 0) is 9.53 Å². The van der Waals surface area contributed by atoms with Crippen LogP contribution in [0.25, 0.3) is 0 Å². The van der Waals surface area contributed by atoms with Crippen LogP contribution in [0, 0.1) is 0 Å². The standard InChI is InChI=1S/C11H23N3O3/c1-11(2,3)17-10(16)14-9(15)8(13)6-4-5-7-12/h8H,4-7,12-13H2,1-3H3,(H,14,15,16). The van der Waals surface area contributed by atoms with Crippen LogP contribution in [0.5, 0.6) is 0 Å². The third-order valence-corrected chi connectivity index (χ3v) is 1.93. The summed E-state index contributed by atoms with van der Waals surface area (Å²) in [7, 11) is 0. The van der Waals surface area contributed by atoms with Gasteiger partial charge in [-0.1, -0.05) is 6.42 Å². The Hall–Kier alpha value is -1.14. The number of carbonyl (C=O) groups excluding carboxylic acids is 2. The fourth-order valence-corrected chi connectivity index (χ4v) is 1.14. The van der Waals surface area contributed by atoms with Crippen molar-refractivity contribution in [3.05, 3.63) is 0 Å². The van der Waals surface area contributed by atoms with E-state index in [1.54, 1.807) is 20.8 Å². The van der Waals surface area contributed by atoms with Crippen LogP contribution >= 0.6 is 0 Å². The number of amides is 2. The molecule has 5 N–H and O–H groups in total. The lowest BCUT2D eigenvalue weighted by atomic mass is 10.1. The summed E-state index contributed by atoms with van der Waals surface area (Å²) in [6, 6.07) is -0.700. The quantitative estimate of drug-likeness (QED) is 0.611. The molecule has 0 fully saturated rings. The minimum absolute atomic E-state index is 0.506. The smallest absolute Gasteiger partial charge is 0.414 e. The van der Waals surface area contributed by atoms with Crippen molar-refractivity contribution in [2.75, 3.05) is 6.54 Å². The molecule has 0 radical (unpaired) electrons. The molecule has 0 saturated heterocycles. The highest BCUT2D eigenvalue weighted by molar-refractivity contribution is 5.94. The molecule has 0 rings (SSSR count). The van der Waals surface area contributed by atoms with Crippen molar-refractivity contribution < 1.29 is 14.3 Å². The summed E-state index contributed by atoms with van der Waals surface area (Å²) in [5.74, 6) is -0.517. The Bertz CT molecular complexity index is 261. The van der Waals surface area contributed by atoms with Crippen molar-refractivity contribution in [3.63, 3.8) is 0 Å². The van der Waals surface area contributed by atoms with Crippen molar-refractivity contribution in [2.24, 2.45) is 11.5 Å². The van der Waals surface area contributed by atoms with E-state index in [2.05, 4.69) is 5.32 Å². The SMILES string of the molecule is CC(C)(C)OC(=O)NC(=O)C(N)CCCCN. The number of hydrogen-bond acceptors (Lipinski definition) is 5. The maximum Gasteiger partial charge on any atom is 0.414 e. The molecule has 1 unspecified atom stereocenters. The second-order valence-electron chi connectivity index (χ2n) is 4.88. The third-order valence-electron chi connectivity index (χ3n) is 1.93. The molecule has 0 aliphatic carbocycles. The molecule has 100 valence electrons. The molecule has 6 heteroatoms. The average Bonchev–Trinajstić information content (AvgIpc) is 2.14. The Morgan fingerprint density at radius 2 is 1.88 bits per heavy atom. The summed E-state index contributed by atoms with van der Waals surface area (Å²) in [4.78, 5) is 22.7. The van der Waals surface area contributed by atoms with Gasteiger partial charge in [0, 0.05) is 0 Å². The lowest BCUT2D eigenvalue weighted by molar-refractivity contribution is -0.122. The molecule has 0 aromatic rings. The number of rotatable bonds is 5. The monoisotopic (exact) mass is 245 g/mol. The van der Waals surface area contributed by atoms with E-state index in [-0.39, 0.29) is 0 Å². The van der Waals surface area contributed by atoms with E-state index < -0.39 is 23.6 Å². The van der Waals surface area contributed by atoms with Crippen molar-refractivity contribution in [2.45, 2.75) is 51.7 Å². The number of hydrogen-bond donors (Lipinski definition) is 3. The van der Waals surface area contributed by atoms with Gasteiger partial charge >= 0.3 is 6.09 Å². The molecule has 17 heavy (non-hydrogen) atoms. The molecule has 2 amide bonds. The van der Waals surface area contributed by atoms with Crippen molar-refractivity contribution in [3.8, 4) is 0 Å². The first-order valence-corrected chi connectivity index (χ1v) is 5.76. The summed E-state index contributed by atoms with van der Waals surface area (Å²) in [6.45, 7) is 5.73. The Kier molecular flexibility index (Phi) is 6.75. The van der Waals surface area contributed by atoms with E-state index in [1.807, 2.05) is 0 Å². The van der Waals surface area contributed by atoms with Gasteiger partial charge in [-0.2, -0.15) is 0 Å². The molecule has 0 spiro atoms. The molecular formula is C11H23N3O3. The predicted molar refractivity (Wildman–Crippen MR) is 65.3 cm³/mol. The normalized spacial score (nSPS) is 13.0. The van der Waals surface area contributed by atoms with E-state index in [0.717, 1.165) is 12.8 Å². The Morgan fingerprint density at radius 3 is 2.35 bits per heavy atom. The first-order valence-electron chi connectivity index (χ1n) is 5.76. The van der Waals surface area contributed by atoms with E-state index in [9.17, 15) is 9.59 Å². The Morgan fingerprint density at radius 1 is 1.29 bits per heavy atom. The molecule has 0 aliphatic heterocycles. The van der Waals surface area contributed by atoms with Gasteiger partial charge in [-0.25, -0.2) is 4.79 Å². The van der Waals surface area contributed by atoms with E-state index in [1.165, 1.54) is 0 Å². The summed E-state index contributed by atoms with van der Waals surface area (Å²) >= 11 is 0. The second-order valence-corrected chi connectivity index (χ2v) is 4.88. The van der Waals surface area contributed by atoms with Gasteiger partial charge in [-0.05, 0) is 40.2 Å². The Balaban J connectivity index is 3.95. The van der Waals surface area contributed by atoms with Crippen LogP contribution < -0.4 is 16.8 Å². The number of nitrogens with two attached hydrogens (primary N) is 2. The zero-order valence-corrected chi connectivity index (χ0v) is 10.8. The van der Waals surface area contributed by atoms with Crippen LogP contribution in [0.3, 0.4) is 0 Å². The fourth-order valence-electron chi connectivity index (χ4n) is 1.14. The molecule has 0 heterocycles. The number of nitrogens with one attached hydrogen (secondary N) is 1. The van der Waals surface area contributed by atoms with Gasteiger partial charge in [0.2, 0.25) is 5.91 Å². The molecule has 0 aliphatic rings. The van der Waals surface area contributed by atoms with E-state index >= 15 is 0 Å². The van der Waals surface area contributed by atoms with Gasteiger partial charge < -0.3 is 16.2 Å². The van der Waals surface area contributed by atoms with Gasteiger partial charge in [-0.15, -0.1) is 0 Å². The van der Waals surface area contributed by atoms with Crippen molar-refractivity contribution in [1.82, 2.24) is 5.32 Å². The second kappa shape index (κ2) is 7.24. The number of ether oxygens (including phenoxy) is 1. The largest absolute Gasteiger partial charge is 0.444 e. The summed E-state index contributed by atoms with van der Waals surface area (Å²) in [5, 5.41) is 2.11. The number of carbonyl (C=O) groups is 2. The molecule has 0 aromatic carbocycles. The van der Waals surface area contributed by atoms with Gasteiger partial charge in [0.15, 0.2) is 0 Å². The van der Waals surface area contributed by atoms with Crippen LogP contribution in [0.2, 0.25) is 0 Å². The van der Waals surface area contributed by atoms with Gasteiger partial charge in [0.1, 0.15) is 5.60 Å². The molecule has 1 atom stereocenters. The maximum absolute atomic E-state index is 11.5. The lowest BCUT2D eigenvalue weighted by Crippen LogP contribution is -2.45. The molecular weight excluding hydrogens is 222 g/mol. The van der Waals surface area contributed by atoms with Gasteiger partial charge in [0.25, 0.3) is 0 Å². The minimum Gasteiger partial charge on any atom is -0.444 e. The fraction of sp³-hybridized carbons (Fsp3) is 0.818. The van der Waals surface area contributed by atoms with Crippen LogP contribution in [0.1, 0.15) is 40.0 Å². The van der Waals surface area contributed by atoms with Crippen LogP contribution in [0.4, 0.5) is 4.79 Å². The predicted octanol–water partition coefficient (Wildman–Crippen LogP) is 0.494. The molecule has 0 bridgehead atoms. The molecule has 6 nitrogen and oxygen atoms in total. The highest BCUT2D eigenvalue weighted by atomic mass is 16.6. The summed E-state index contributed by atoms with van der Waals surface area (Å²) < 4.78 is 4.94. The summed E-state index contributed by atoms with van der Waals surface area (Å²) in [6.07, 6.45) is 1.32. The third kappa shape index (κ3) is 8.65. The molecule has 0 saturated carbocycles. The van der Waals surface area contributed by atoms with Crippen molar-refractivity contribution >= 4 is 12.0 Å². The maximum atomic E-state index is 11.5. The Labute approximate surface area is 102 Å². The topological polar surface area (TPSA) is 107 Å². The first kappa shape index (κ1) is 15.9. The van der Waals surface area contributed by atoms with E-state index in [4.69, 9.17) is 16.2 Å². The number of alkyl carbamates (subject to hydrolysis) is 1. The number of imide groups is 1. The number of unbranched alkanes of at least 4 members (excludes halogenated alkanes) is 1. The van der Waals surface area contributed by atoms with Crippen LogP contribution in [0.15, 0.2) is 0 Å². The highest BCUT2D eigenvalue weighted by Gasteiger charge is 2.20. The van der Waals surface area contributed by atoms with Crippen molar-refractivity contribution in [1.29, 1.82) is 0 Å². The van der Waals surface area contributed by atoms with E-state index in [0.29, 0.717) is 13.0 Å². The zero-order chi connectivity index (χ0) is 13.5. The minimum atomic E-state index is -0.767. The lowest BCUT2D eigenvalue weighted by Gasteiger charge is -2.20. The average molecular weight is 245 g/mol. The zero-order valence-electron chi connectivity index (χ0n) is 10.8. The first-order chi connectivity index (χ1) is 7.76. The van der Waals surface area contributed by atoms with Gasteiger partial charge in [-0.3, -0.25) is 10.1 Å². The highest BCUT2D eigenvalue weighted by Crippen LogP contribution is 2.06. The van der Waals surface area contributed by atoms with Crippen LogP contribution in [-0.4, -0.2) is 30.2 Å². The van der Waals surface area contributed by atoms with Gasteiger partial charge in [0.05, 0.1) is 6.04 Å². The summed E-state index contributed by atoms with van der Waals surface area (Å²) in [5.41, 5.74) is 10.3. The molecule has 0 aromatic heterocycles.